The third-order valence-electron chi connectivity index (χ3n) is 3.54. The Kier molecular flexibility index (Phi) is 4.62. The fraction of sp³-hybridized carbons (Fsp3) is 0.583. The van der Waals surface area contributed by atoms with Crippen molar-refractivity contribution in [1.82, 2.24) is 15.1 Å². The van der Waals surface area contributed by atoms with Crippen molar-refractivity contribution in [2.45, 2.75) is 19.1 Å². The largest absolute Gasteiger partial charge is 0.435 e. The lowest BCUT2D eigenvalue weighted by Gasteiger charge is -2.38. The monoisotopic (exact) mass is 319 g/mol. The number of hydrogen-bond donors (Lipinski definition) is 1. The highest BCUT2D eigenvalue weighted by atomic mass is 32.1. The van der Waals surface area contributed by atoms with Crippen molar-refractivity contribution in [3.8, 4) is 0 Å². The molecule has 5 nitrogen and oxygen atoms in total. The molecule has 2 N–H and O–H groups in total. The molecule has 0 aliphatic carbocycles. The van der Waals surface area contributed by atoms with Gasteiger partial charge >= 0.3 is 6.18 Å². The minimum Gasteiger partial charge on any atom is -0.392 e. The number of aromatic nitrogens is 2. The maximum absolute atomic E-state index is 12.4. The van der Waals surface area contributed by atoms with E-state index < -0.39 is 11.9 Å². The van der Waals surface area contributed by atoms with Gasteiger partial charge in [-0.1, -0.05) is 12.2 Å². The van der Waals surface area contributed by atoms with E-state index in [1.165, 1.54) is 6.07 Å². The summed E-state index contributed by atoms with van der Waals surface area (Å²) in [5.41, 5.74) is 4.64. The Morgan fingerprint density at radius 1 is 1.24 bits per heavy atom. The summed E-state index contributed by atoms with van der Waals surface area (Å²) in [5.74, 6) is 0.450. The highest BCUT2D eigenvalue weighted by Crippen LogP contribution is 2.27. The van der Waals surface area contributed by atoms with Crippen molar-refractivity contribution in [2.24, 2.45) is 5.73 Å². The number of halogens is 3. The van der Waals surface area contributed by atoms with Gasteiger partial charge in [0, 0.05) is 26.2 Å². The fourth-order valence-corrected chi connectivity index (χ4v) is 2.31. The van der Waals surface area contributed by atoms with Crippen LogP contribution in [0.4, 0.5) is 19.0 Å². The number of nitrogens with two attached hydrogens (primary N) is 1. The zero-order valence-electron chi connectivity index (χ0n) is 11.5. The van der Waals surface area contributed by atoms with Gasteiger partial charge in [-0.3, -0.25) is 4.90 Å². The molecule has 1 unspecified atom stereocenters. The first-order valence-corrected chi connectivity index (χ1v) is 6.89. The quantitative estimate of drug-likeness (QED) is 0.848. The van der Waals surface area contributed by atoms with E-state index in [9.17, 15) is 13.2 Å². The van der Waals surface area contributed by atoms with Crippen molar-refractivity contribution in [2.75, 3.05) is 31.1 Å². The number of anilines is 1. The van der Waals surface area contributed by atoms with E-state index in [4.69, 9.17) is 18.0 Å². The zero-order valence-corrected chi connectivity index (χ0v) is 12.3. The van der Waals surface area contributed by atoms with Crippen LogP contribution in [0.5, 0.6) is 0 Å². The van der Waals surface area contributed by atoms with E-state index in [0.29, 0.717) is 23.9 Å². The van der Waals surface area contributed by atoms with Crippen LogP contribution in [0.25, 0.3) is 0 Å². The number of piperazine rings is 1. The van der Waals surface area contributed by atoms with Gasteiger partial charge in [-0.05, 0) is 19.1 Å². The topological polar surface area (TPSA) is 58.3 Å². The average Bonchev–Trinajstić information content (AvgIpc) is 2.46. The molecule has 1 atom stereocenters. The Hall–Kier alpha value is -1.48. The van der Waals surface area contributed by atoms with Crippen LogP contribution < -0.4 is 10.6 Å². The van der Waals surface area contributed by atoms with E-state index in [-0.39, 0.29) is 6.04 Å². The van der Waals surface area contributed by atoms with Gasteiger partial charge in [-0.15, -0.1) is 10.2 Å². The lowest BCUT2D eigenvalue weighted by Crippen LogP contribution is -2.53. The second-order valence-electron chi connectivity index (χ2n) is 4.88. The third kappa shape index (κ3) is 3.79. The van der Waals surface area contributed by atoms with Crippen LogP contribution in [0, 0.1) is 0 Å². The van der Waals surface area contributed by atoms with E-state index in [1.54, 1.807) is 0 Å². The van der Waals surface area contributed by atoms with Crippen molar-refractivity contribution in [3.63, 3.8) is 0 Å². The van der Waals surface area contributed by atoms with E-state index >= 15 is 0 Å². The first-order valence-electron chi connectivity index (χ1n) is 6.48. The van der Waals surface area contributed by atoms with Crippen LogP contribution in [-0.4, -0.2) is 52.3 Å². The van der Waals surface area contributed by atoms with Crippen molar-refractivity contribution < 1.29 is 13.2 Å². The molecule has 9 heteroatoms. The van der Waals surface area contributed by atoms with Crippen LogP contribution >= 0.6 is 12.2 Å². The van der Waals surface area contributed by atoms with Gasteiger partial charge in [-0.25, -0.2) is 0 Å². The Labute approximate surface area is 125 Å². The van der Waals surface area contributed by atoms with Gasteiger partial charge in [0.1, 0.15) is 0 Å². The van der Waals surface area contributed by atoms with Crippen LogP contribution in [-0.2, 0) is 6.18 Å². The Morgan fingerprint density at radius 2 is 1.86 bits per heavy atom. The predicted octanol–water partition coefficient (Wildman–Crippen LogP) is 1.29. The summed E-state index contributed by atoms with van der Waals surface area (Å²) in [7, 11) is 0. The van der Waals surface area contributed by atoms with Crippen molar-refractivity contribution in [3.05, 3.63) is 17.8 Å². The fourth-order valence-electron chi connectivity index (χ4n) is 2.16. The van der Waals surface area contributed by atoms with E-state index in [1.807, 2.05) is 11.8 Å². The maximum Gasteiger partial charge on any atom is 0.435 e. The number of rotatable bonds is 3. The standard InChI is InChI=1S/C12H16F3N5S/c1-8(11(16)21)19-4-6-20(7-5-19)10-3-2-9(17-18-10)12(13,14)15/h2-3,8H,4-7H2,1H3,(H2,16,21). The van der Waals surface area contributed by atoms with Crippen LogP contribution in [0.15, 0.2) is 12.1 Å². The molecule has 0 radical (unpaired) electrons. The molecule has 1 aliphatic rings. The minimum atomic E-state index is -4.46. The van der Waals surface area contributed by atoms with Gasteiger partial charge in [-0.2, -0.15) is 13.2 Å². The van der Waals surface area contributed by atoms with Gasteiger partial charge in [0.05, 0.1) is 11.0 Å². The molecule has 116 valence electrons. The predicted molar refractivity (Wildman–Crippen MR) is 77.1 cm³/mol. The van der Waals surface area contributed by atoms with Gasteiger partial charge in [0.25, 0.3) is 0 Å². The van der Waals surface area contributed by atoms with Crippen molar-refractivity contribution in [1.29, 1.82) is 0 Å². The first-order chi connectivity index (χ1) is 9.79. The first kappa shape index (κ1) is 15.9. The summed E-state index contributed by atoms with van der Waals surface area (Å²) < 4.78 is 37.3. The second-order valence-corrected chi connectivity index (χ2v) is 5.35. The smallest absolute Gasteiger partial charge is 0.392 e. The molecule has 1 aromatic heterocycles. The minimum absolute atomic E-state index is 0.0147. The molecule has 0 spiro atoms. The van der Waals surface area contributed by atoms with E-state index in [0.717, 1.165) is 19.2 Å². The highest BCUT2D eigenvalue weighted by Gasteiger charge is 2.33. The van der Waals surface area contributed by atoms with Gasteiger partial charge < -0.3 is 10.6 Å². The molecule has 0 bridgehead atoms. The Morgan fingerprint density at radius 3 is 2.29 bits per heavy atom. The second kappa shape index (κ2) is 6.10. The summed E-state index contributed by atoms with van der Waals surface area (Å²) in [4.78, 5) is 4.48. The normalized spacial score (nSPS) is 18.6. The number of nitrogens with zero attached hydrogens (tertiary/aromatic N) is 4. The number of thiocarbonyl (C=S) groups is 1. The molecular weight excluding hydrogens is 303 g/mol. The summed E-state index contributed by atoms with van der Waals surface area (Å²) in [5, 5.41) is 6.90. The van der Waals surface area contributed by atoms with E-state index in [2.05, 4.69) is 15.1 Å². The molecule has 2 heterocycles. The number of alkyl halides is 3. The molecule has 0 saturated carbocycles. The molecule has 1 aliphatic heterocycles. The van der Waals surface area contributed by atoms with Crippen LogP contribution in [0.3, 0.4) is 0 Å². The Bertz CT molecular complexity index is 497. The molecule has 1 fully saturated rings. The highest BCUT2D eigenvalue weighted by molar-refractivity contribution is 7.80. The molecular formula is C12H16F3N5S. The van der Waals surface area contributed by atoms with Crippen molar-refractivity contribution >= 4 is 23.0 Å². The zero-order chi connectivity index (χ0) is 15.6. The summed E-state index contributed by atoms with van der Waals surface area (Å²) in [6.07, 6.45) is -4.46. The lowest BCUT2D eigenvalue weighted by atomic mass is 10.2. The lowest BCUT2D eigenvalue weighted by molar-refractivity contribution is -0.141. The third-order valence-corrected chi connectivity index (χ3v) is 3.88. The van der Waals surface area contributed by atoms with Gasteiger partial charge in [0.2, 0.25) is 0 Å². The maximum atomic E-state index is 12.4. The molecule has 0 amide bonds. The molecule has 0 aromatic carbocycles. The molecule has 2 rings (SSSR count). The summed E-state index contributed by atoms with van der Waals surface area (Å²) in [6, 6.07) is 2.32. The molecule has 1 aromatic rings. The number of hydrogen-bond acceptors (Lipinski definition) is 5. The van der Waals surface area contributed by atoms with Gasteiger partial charge in [0.15, 0.2) is 11.5 Å². The summed E-state index contributed by atoms with van der Waals surface area (Å²) >= 11 is 4.96. The van der Waals surface area contributed by atoms with Crippen LogP contribution in [0.1, 0.15) is 12.6 Å². The Balaban J connectivity index is 1.98. The molecule has 21 heavy (non-hydrogen) atoms. The molecule has 1 saturated heterocycles. The summed E-state index contributed by atoms with van der Waals surface area (Å²) in [6.45, 7) is 4.68. The van der Waals surface area contributed by atoms with Crippen LogP contribution in [0.2, 0.25) is 0 Å². The average molecular weight is 319 g/mol. The SMILES string of the molecule is CC(C(N)=S)N1CCN(c2ccc(C(F)(F)F)nn2)CC1.